The Kier molecular flexibility index (Phi) is 5.31. The van der Waals surface area contributed by atoms with Crippen LogP contribution in [0.3, 0.4) is 0 Å². The number of carbonyl (C=O) groups is 2. The Labute approximate surface area is 130 Å². The molecule has 0 bridgehead atoms. The summed E-state index contributed by atoms with van der Waals surface area (Å²) >= 11 is 1.13. The molecule has 0 saturated heterocycles. The summed E-state index contributed by atoms with van der Waals surface area (Å²) in [6.07, 6.45) is 2.30. The fourth-order valence-corrected chi connectivity index (χ4v) is 2.84. The van der Waals surface area contributed by atoms with Crippen LogP contribution >= 0.6 is 11.3 Å². The second-order valence-electron chi connectivity index (χ2n) is 4.92. The summed E-state index contributed by atoms with van der Waals surface area (Å²) in [5.41, 5.74) is 5.39. The van der Waals surface area contributed by atoms with E-state index in [1.165, 1.54) is 12.5 Å². The van der Waals surface area contributed by atoms with Crippen molar-refractivity contribution in [1.82, 2.24) is 4.98 Å². The first kappa shape index (κ1) is 16.2. The number of methoxy groups -OCH3 is 1. The van der Waals surface area contributed by atoms with Crippen molar-refractivity contribution in [2.45, 2.75) is 31.8 Å². The van der Waals surface area contributed by atoms with Gasteiger partial charge in [-0.05, 0) is 25.7 Å². The first-order valence-corrected chi connectivity index (χ1v) is 7.65. The molecule has 1 aromatic rings. The maximum Gasteiger partial charge on any atom is 0.360 e. The summed E-state index contributed by atoms with van der Waals surface area (Å²) in [4.78, 5) is 31.8. The van der Waals surface area contributed by atoms with Crippen LogP contribution in [0.4, 0.5) is 5.13 Å². The van der Waals surface area contributed by atoms with E-state index in [2.05, 4.69) is 10.1 Å². The zero-order valence-electron chi connectivity index (χ0n) is 12.0. The molecule has 8 nitrogen and oxygen atoms in total. The zero-order chi connectivity index (χ0) is 16.1. The molecule has 0 amide bonds. The van der Waals surface area contributed by atoms with Crippen LogP contribution in [0.5, 0.6) is 0 Å². The molecule has 0 spiro atoms. The maximum atomic E-state index is 11.4. The second kappa shape index (κ2) is 7.21. The molecule has 120 valence electrons. The molecule has 1 aromatic heterocycles. The summed E-state index contributed by atoms with van der Waals surface area (Å²) in [6.45, 7) is 0. The summed E-state index contributed by atoms with van der Waals surface area (Å²) < 4.78 is 4.71. The number of nitrogens with zero attached hydrogens (tertiary/aromatic N) is 2. The van der Waals surface area contributed by atoms with Crippen molar-refractivity contribution in [3.05, 3.63) is 11.1 Å². The first-order chi connectivity index (χ1) is 10.5. The Hall–Kier alpha value is -2.16. The predicted octanol–water partition coefficient (Wildman–Crippen LogP) is 1.26. The fraction of sp³-hybridized carbons (Fsp3) is 0.538. The average Bonchev–Trinajstić information content (AvgIpc) is 2.93. The van der Waals surface area contributed by atoms with E-state index in [-0.39, 0.29) is 34.5 Å². The van der Waals surface area contributed by atoms with E-state index in [0.29, 0.717) is 25.7 Å². The highest BCUT2D eigenvalue weighted by Gasteiger charge is 2.28. The number of carboxylic acid groups (broad SMARTS) is 1. The van der Waals surface area contributed by atoms with Crippen molar-refractivity contribution >= 4 is 34.1 Å². The van der Waals surface area contributed by atoms with E-state index >= 15 is 0 Å². The van der Waals surface area contributed by atoms with E-state index in [1.807, 2.05) is 0 Å². The lowest BCUT2D eigenvalue weighted by molar-refractivity contribution is -0.147. The molecule has 1 saturated carbocycles. The van der Waals surface area contributed by atoms with Gasteiger partial charge in [0.1, 0.15) is 11.8 Å². The molecule has 3 N–H and O–H groups in total. The normalized spacial score (nSPS) is 22.1. The highest BCUT2D eigenvalue weighted by atomic mass is 32.1. The molecule has 0 unspecified atom stereocenters. The lowest BCUT2D eigenvalue weighted by Crippen LogP contribution is -2.26. The minimum atomic E-state index is -1.23. The average molecular weight is 327 g/mol. The van der Waals surface area contributed by atoms with Crippen LogP contribution in [0, 0.1) is 5.92 Å². The second-order valence-corrected chi connectivity index (χ2v) is 5.81. The monoisotopic (exact) mass is 327 g/mol. The Balaban J connectivity index is 1.95. The number of carbonyl (C=O) groups excluding carboxylic acids is 1. The van der Waals surface area contributed by atoms with Gasteiger partial charge in [0.2, 0.25) is 5.71 Å². The fourth-order valence-electron chi connectivity index (χ4n) is 2.29. The van der Waals surface area contributed by atoms with Gasteiger partial charge in [0.25, 0.3) is 0 Å². The molecular weight excluding hydrogens is 310 g/mol. The standard InChI is InChI=1S/C13H17N3O5S/c1-20-12(19)7-2-4-8(5-3-7)21-16-10(11(17)18)9-6-22-13(14)15-9/h6-8H,2-5H2,1H3,(H2,14,15)(H,17,18)/t7-,8-. The van der Waals surface area contributed by atoms with E-state index < -0.39 is 5.97 Å². The van der Waals surface area contributed by atoms with Crippen LogP contribution in [0.2, 0.25) is 0 Å². The number of rotatable bonds is 5. The summed E-state index contributed by atoms with van der Waals surface area (Å²) in [7, 11) is 1.37. The van der Waals surface area contributed by atoms with Gasteiger partial charge in [-0.1, -0.05) is 5.16 Å². The van der Waals surface area contributed by atoms with Crippen molar-refractivity contribution in [2.75, 3.05) is 12.8 Å². The van der Waals surface area contributed by atoms with Gasteiger partial charge >= 0.3 is 11.9 Å². The Morgan fingerprint density at radius 1 is 1.41 bits per heavy atom. The molecule has 0 radical (unpaired) electrons. The van der Waals surface area contributed by atoms with Crippen LogP contribution in [-0.2, 0) is 19.2 Å². The molecule has 22 heavy (non-hydrogen) atoms. The molecule has 1 fully saturated rings. The molecule has 0 aromatic carbocycles. The van der Waals surface area contributed by atoms with Gasteiger partial charge in [-0.2, -0.15) is 0 Å². The summed E-state index contributed by atoms with van der Waals surface area (Å²) in [5.74, 6) is -1.56. The van der Waals surface area contributed by atoms with Crippen molar-refractivity contribution in [2.24, 2.45) is 11.1 Å². The number of nitrogen functional groups attached to an aromatic ring is 1. The van der Waals surface area contributed by atoms with E-state index in [0.717, 1.165) is 11.3 Å². The van der Waals surface area contributed by atoms with E-state index in [9.17, 15) is 9.59 Å². The summed E-state index contributed by atoms with van der Waals surface area (Å²) in [5, 5.41) is 14.7. The van der Waals surface area contributed by atoms with Gasteiger partial charge in [0.05, 0.1) is 13.0 Å². The molecule has 1 aliphatic rings. The van der Waals surface area contributed by atoms with E-state index in [4.69, 9.17) is 20.4 Å². The van der Waals surface area contributed by atoms with Gasteiger partial charge in [-0.3, -0.25) is 4.79 Å². The van der Waals surface area contributed by atoms with Gasteiger partial charge in [0.15, 0.2) is 5.13 Å². The number of ether oxygens (including phenoxy) is 1. The lowest BCUT2D eigenvalue weighted by atomic mass is 9.87. The molecular formula is C13H17N3O5S. The molecule has 1 aliphatic carbocycles. The Morgan fingerprint density at radius 3 is 2.59 bits per heavy atom. The number of carboxylic acids is 1. The molecule has 0 atom stereocenters. The van der Waals surface area contributed by atoms with Crippen molar-refractivity contribution < 1.29 is 24.3 Å². The van der Waals surface area contributed by atoms with Gasteiger partial charge in [0, 0.05) is 5.38 Å². The number of esters is 1. The molecule has 0 aliphatic heterocycles. The zero-order valence-corrected chi connectivity index (χ0v) is 12.8. The van der Waals surface area contributed by atoms with Gasteiger partial charge in [-0.25, -0.2) is 9.78 Å². The third-order valence-electron chi connectivity index (χ3n) is 3.47. The number of nitrogens with two attached hydrogens (primary N) is 1. The highest BCUT2D eigenvalue weighted by molar-refractivity contribution is 7.13. The van der Waals surface area contributed by atoms with Crippen LogP contribution in [0.1, 0.15) is 31.4 Å². The van der Waals surface area contributed by atoms with Gasteiger partial charge in [-0.15, -0.1) is 11.3 Å². The van der Waals surface area contributed by atoms with Gasteiger partial charge < -0.3 is 20.4 Å². The highest BCUT2D eigenvalue weighted by Crippen LogP contribution is 2.27. The number of aliphatic carboxylic acids is 1. The Bertz CT molecular complexity index is 578. The number of hydrogen-bond donors (Lipinski definition) is 2. The number of hydrogen-bond acceptors (Lipinski definition) is 8. The van der Waals surface area contributed by atoms with Crippen molar-refractivity contribution in [3.63, 3.8) is 0 Å². The van der Waals surface area contributed by atoms with Crippen molar-refractivity contribution in [3.8, 4) is 0 Å². The quantitative estimate of drug-likeness (QED) is 0.474. The van der Waals surface area contributed by atoms with E-state index in [1.54, 1.807) is 0 Å². The Morgan fingerprint density at radius 2 is 2.09 bits per heavy atom. The number of oxime groups is 1. The van der Waals surface area contributed by atoms with Crippen LogP contribution < -0.4 is 5.73 Å². The molecule has 1 heterocycles. The number of thiazole rings is 1. The van der Waals surface area contributed by atoms with Crippen LogP contribution in [0.15, 0.2) is 10.5 Å². The molecule has 9 heteroatoms. The van der Waals surface area contributed by atoms with Crippen molar-refractivity contribution in [1.29, 1.82) is 0 Å². The third-order valence-corrected chi connectivity index (χ3v) is 4.14. The topological polar surface area (TPSA) is 124 Å². The SMILES string of the molecule is COC(=O)[C@H]1CC[C@H](ON=C(C(=O)O)c2csc(N)n2)CC1. The first-order valence-electron chi connectivity index (χ1n) is 6.77. The van der Waals surface area contributed by atoms with Crippen LogP contribution in [0.25, 0.3) is 0 Å². The number of anilines is 1. The molecule has 2 rings (SSSR count). The predicted molar refractivity (Wildman–Crippen MR) is 79.5 cm³/mol. The smallest absolute Gasteiger partial charge is 0.360 e. The largest absolute Gasteiger partial charge is 0.476 e. The third kappa shape index (κ3) is 3.94. The minimum absolute atomic E-state index is 0.119. The van der Waals surface area contributed by atoms with Crippen LogP contribution in [-0.4, -0.2) is 41.0 Å². The minimum Gasteiger partial charge on any atom is -0.476 e. The summed E-state index contributed by atoms with van der Waals surface area (Å²) in [6, 6.07) is 0. The number of aromatic nitrogens is 1. The maximum absolute atomic E-state index is 11.4. The lowest BCUT2D eigenvalue weighted by Gasteiger charge is -2.25.